The zero-order valence-electron chi connectivity index (χ0n) is 13.1. The molecule has 0 spiro atoms. The summed E-state index contributed by atoms with van der Waals surface area (Å²) >= 11 is 1.77. The molecule has 1 aliphatic carbocycles. The van der Waals surface area contributed by atoms with Gasteiger partial charge >= 0.3 is 0 Å². The second-order valence-corrected chi connectivity index (χ2v) is 7.52. The molecular formula is C19H18N2S. The van der Waals surface area contributed by atoms with Crippen molar-refractivity contribution in [2.75, 3.05) is 0 Å². The molecule has 2 aromatic rings. The van der Waals surface area contributed by atoms with Crippen molar-refractivity contribution < 1.29 is 0 Å². The molecule has 3 rings (SSSR count). The van der Waals surface area contributed by atoms with Crippen LogP contribution < -0.4 is 0 Å². The molecule has 0 fully saturated rings. The van der Waals surface area contributed by atoms with Gasteiger partial charge in [-0.1, -0.05) is 32.9 Å². The molecule has 0 aliphatic heterocycles. The fraction of sp³-hybridized carbons (Fsp3) is 0.368. The molecule has 0 radical (unpaired) electrons. The van der Waals surface area contributed by atoms with Crippen molar-refractivity contribution in [3.05, 3.63) is 46.3 Å². The molecule has 3 heteroatoms. The third-order valence-electron chi connectivity index (χ3n) is 4.90. The minimum atomic E-state index is -0.378. The molecule has 22 heavy (non-hydrogen) atoms. The van der Waals surface area contributed by atoms with Crippen LogP contribution in [0.3, 0.4) is 0 Å². The molecule has 1 aliphatic rings. The topological polar surface area (TPSA) is 47.6 Å². The van der Waals surface area contributed by atoms with Crippen molar-refractivity contribution in [3.8, 4) is 22.6 Å². The Balaban J connectivity index is 2.12. The number of benzene rings is 1. The van der Waals surface area contributed by atoms with Gasteiger partial charge in [-0.25, -0.2) is 0 Å². The van der Waals surface area contributed by atoms with Crippen molar-refractivity contribution in [2.45, 2.75) is 32.6 Å². The van der Waals surface area contributed by atoms with Gasteiger partial charge in [0, 0.05) is 9.75 Å². The average molecular weight is 306 g/mol. The largest absolute Gasteiger partial charge is 0.197 e. The molecular weight excluding hydrogens is 288 g/mol. The van der Waals surface area contributed by atoms with Crippen LogP contribution in [0.1, 0.15) is 36.8 Å². The first-order chi connectivity index (χ1) is 10.5. The predicted molar refractivity (Wildman–Crippen MR) is 89.5 cm³/mol. The monoisotopic (exact) mass is 306 g/mol. The fourth-order valence-corrected chi connectivity index (χ4v) is 5.06. The number of hydrogen-bond donors (Lipinski definition) is 0. The number of thiophene rings is 1. The van der Waals surface area contributed by atoms with Crippen LogP contribution in [0.15, 0.2) is 30.3 Å². The third-order valence-corrected chi connectivity index (χ3v) is 6.10. The molecule has 2 atom stereocenters. The molecule has 1 aromatic carbocycles. The number of hydrogen-bond acceptors (Lipinski definition) is 3. The van der Waals surface area contributed by atoms with Crippen molar-refractivity contribution >= 4 is 11.3 Å². The summed E-state index contributed by atoms with van der Waals surface area (Å²) < 4.78 is 0. The van der Waals surface area contributed by atoms with Crippen LogP contribution in [0, 0.1) is 34.5 Å². The zero-order chi connectivity index (χ0) is 15.9. The Morgan fingerprint density at radius 1 is 1.27 bits per heavy atom. The van der Waals surface area contributed by atoms with Gasteiger partial charge in [0.15, 0.2) is 0 Å². The van der Waals surface area contributed by atoms with E-state index in [0.717, 1.165) is 16.9 Å². The van der Waals surface area contributed by atoms with Gasteiger partial charge in [0.25, 0.3) is 0 Å². The lowest BCUT2D eigenvalue weighted by molar-refractivity contribution is 0.302. The van der Waals surface area contributed by atoms with E-state index in [-0.39, 0.29) is 5.41 Å². The van der Waals surface area contributed by atoms with Crippen LogP contribution >= 0.6 is 11.3 Å². The second-order valence-electron chi connectivity index (χ2n) is 6.38. The standard InChI is InChI=1S/C19H18N2S/c1-12(2)19(11-21)13(3)7-18-16(19)9-17(22-18)15-6-4-5-14(8-15)10-20/h4-6,8-9,12-13H,7H2,1-3H3/t13-,19+/m0/s1. The Morgan fingerprint density at radius 2 is 2.05 bits per heavy atom. The van der Waals surface area contributed by atoms with Crippen LogP contribution in [-0.4, -0.2) is 0 Å². The summed E-state index contributed by atoms with van der Waals surface area (Å²) in [5.41, 5.74) is 2.58. The number of nitriles is 2. The van der Waals surface area contributed by atoms with E-state index in [1.807, 2.05) is 24.3 Å². The van der Waals surface area contributed by atoms with Gasteiger partial charge < -0.3 is 0 Å². The maximum atomic E-state index is 9.88. The first-order valence-corrected chi connectivity index (χ1v) is 8.39. The van der Waals surface area contributed by atoms with E-state index in [4.69, 9.17) is 5.26 Å². The highest BCUT2D eigenvalue weighted by atomic mass is 32.1. The summed E-state index contributed by atoms with van der Waals surface area (Å²) in [7, 11) is 0. The quantitative estimate of drug-likeness (QED) is 0.792. The van der Waals surface area contributed by atoms with Crippen molar-refractivity contribution in [1.29, 1.82) is 10.5 Å². The van der Waals surface area contributed by atoms with E-state index < -0.39 is 0 Å². The van der Waals surface area contributed by atoms with Gasteiger partial charge in [-0.3, -0.25) is 0 Å². The van der Waals surface area contributed by atoms with Crippen molar-refractivity contribution in [1.82, 2.24) is 0 Å². The Hall–Kier alpha value is -2.10. The van der Waals surface area contributed by atoms with Gasteiger partial charge in [0.2, 0.25) is 0 Å². The second kappa shape index (κ2) is 5.27. The van der Waals surface area contributed by atoms with Gasteiger partial charge in [-0.05, 0) is 47.6 Å². The Bertz CT molecular complexity index is 804. The Morgan fingerprint density at radius 3 is 2.68 bits per heavy atom. The number of fused-ring (bicyclic) bond motifs is 1. The van der Waals surface area contributed by atoms with Gasteiger partial charge in [-0.2, -0.15) is 10.5 Å². The Labute approximate surface area is 135 Å². The lowest BCUT2D eigenvalue weighted by atomic mass is 9.69. The van der Waals surface area contributed by atoms with Gasteiger partial charge in [0.05, 0.1) is 23.1 Å². The molecule has 0 amide bonds. The van der Waals surface area contributed by atoms with Crippen LogP contribution in [-0.2, 0) is 11.8 Å². The highest BCUT2D eigenvalue weighted by Crippen LogP contribution is 2.52. The number of rotatable bonds is 2. The molecule has 1 heterocycles. The summed E-state index contributed by atoms with van der Waals surface area (Å²) in [5, 5.41) is 18.9. The zero-order valence-corrected chi connectivity index (χ0v) is 13.9. The minimum Gasteiger partial charge on any atom is -0.197 e. The summed E-state index contributed by atoms with van der Waals surface area (Å²) in [6, 6.07) is 14.7. The molecule has 0 N–H and O–H groups in total. The average Bonchev–Trinajstić information content (AvgIpc) is 3.03. The van der Waals surface area contributed by atoms with E-state index >= 15 is 0 Å². The van der Waals surface area contributed by atoms with E-state index in [2.05, 4.69) is 39.0 Å². The van der Waals surface area contributed by atoms with Crippen LogP contribution in [0.5, 0.6) is 0 Å². The highest BCUT2D eigenvalue weighted by molar-refractivity contribution is 7.15. The third kappa shape index (κ3) is 1.97. The van der Waals surface area contributed by atoms with Gasteiger partial charge in [0.1, 0.15) is 0 Å². The molecule has 0 saturated carbocycles. The van der Waals surface area contributed by atoms with Gasteiger partial charge in [-0.15, -0.1) is 11.3 Å². The van der Waals surface area contributed by atoms with E-state index in [0.29, 0.717) is 17.4 Å². The molecule has 2 nitrogen and oxygen atoms in total. The van der Waals surface area contributed by atoms with Crippen molar-refractivity contribution in [2.24, 2.45) is 11.8 Å². The maximum absolute atomic E-state index is 9.88. The maximum Gasteiger partial charge on any atom is 0.0991 e. The SMILES string of the molecule is CC(C)[C@@]1(C#N)c2cc(-c3cccc(C#N)c3)sc2C[C@@H]1C. The van der Waals surface area contributed by atoms with Crippen LogP contribution in [0.4, 0.5) is 0 Å². The first kappa shape index (κ1) is 14.8. The predicted octanol–water partition coefficient (Wildman–Crippen LogP) is 4.90. The Kier molecular flexibility index (Phi) is 3.55. The van der Waals surface area contributed by atoms with E-state index in [1.54, 1.807) is 11.3 Å². The fourth-order valence-electron chi connectivity index (χ4n) is 3.70. The van der Waals surface area contributed by atoms with Crippen molar-refractivity contribution in [3.63, 3.8) is 0 Å². The normalized spacial score (nSPS) is 23.1. The molecule has 0 bridgehead atoms. The lowest BCUT2D eigenvalue weighted by Crippen LogP contribution is -2.34. The summed E-state index contributed by atoms with van der Waals surface area (Å²) in [4.78, 5) is 2.49. The summed E-state index contributed by atoms with van der Waals surface area (Å²) in [6.07, 6.45) is 0.976. The summed E-state index contributed by atoms with van der Waals surface area (Å²) in [6.45, 7) is 6.47. The van der Waals surface area contributed by atoms with Crippen LogP contribution in [0.25, 0.3) is 10.4 Å². The molecule has 0 saturated heterocycles. The summed E-state index contributed by atoms with van der Waals surface area (Å²) in [5.74, 6) is 0.653. The molecule has 0 unspecified atom stereocenters. The van der Waals surface area contributed by atoms with Crippen LogP contribution in [0.2, 0.25) is 0 Å². The highest BCUT2D eigenvalue weighted by Gasteiger charge is 2.48. The molecule has 1 aromatic heterocycles. The lowest BCUT2D eigenvalue weighted by Gasteiger charge is -2.31. The number of nitrogens with zero attached hydrogens (tertiary/aromatic N) is 2. The smallest absolute Gasteiger partial charge is 0.0991 e. The minimum absolute atomic E-state index is 0.293. The van der Waals surface area contributed by atoms with E-state index in [9.17, 15) is 5.26 Å². The van der Waals surface area contributed by atoms with E-state index in [1.165, 1.54) is 10.4 Å². The molecule has 110 valence electrons. The first-order valence-electron chi connectivity index (χ1n) is 7.58.